The third kappa shape index (κ3) is 4.81. The van der Waals surface area contributed by atoms with Crippen LogP contribution in [0.4, 0.5) is 4.39 Å². The number of hydrogen-bond donors (Lipinski definition) is 1. The number of unbranched alkanes of at least 4 members (excludes halogenated alkanes) is 2. The maximum atomic E-state index is 13.2. The Balaban J connectivity index is 1.55. The van der Waals surface area contributed by atoms with Gasteiger partial charge in [-0.3, -0.25) is 9.59 Å². The van der Waals surface area contributed by atoms with Crippen LogP contribution in [0.2, 0.25) is 0 Å². The first kappa shape index (κ1) is 21.1. The number of carbonyl (C=O) groups excluding carboxylic acids is 1. The second-order valence-corrected chi connectivity index (χ2v) is 8.13. The molecule has 1 aliphatic heterocycles. The maximum Gasteiger partial charge on any atom is 0.281 e. The SMILES string of the molecule is CCCCCC(=O)N1CCC[C@H](c2nc3c(nnn3Cc3ccc(F)cc3)c(=O)[nH]2)C1. The Morgan fingerprint density at radius 1 is 1.26 bits per heavy atom. The zero-order valence-electron chi connectivity index (χ0n) is 17.7. The molecular formula is C22H27FN6O2. The minimum atomic E-state index is -0.336. The number of likely N-dealkylation sites (tertiary alicyclic amines) is 1. The van der Waals surface area contributed by atoms with Crippen molar-refractivity contribution < 1.29 is 9.18 Å². The molecule has 0 radical (unpaired) electrons. The average molecular weight is 426 g/mol. The van der Waals surface area contributed by atoms with Gasteiger partial charge in [0.1, 0.15) is 11.6 Å². The number of aromatic nitrogens is 5. The first-order valence-electron chi connectivity index (χ1n) is 10.9. The third-order valence-electron chi connectivity index (χ3n) is 5.79. The summed E-state index contributed by atoms with van der Waals surface area (Å²) in [4.78, 5) is 34.6. The van der Waals surface area contributed by atoms with Gasteiger partial charge in [-0.1, -0.05) is 37.1 Å². The van der Waals surface area contributed by atoms with Gasteiger partial charge in [0.2, 0.25) is 5.91 Å². The van der Waals surface area contributed by atoms with Crippen LogP contribution < -0.4 is 5.56 Å². The van der Waals surface area contributed by atoms with E-state index in [1.807, 2.05) is 4.90 Å². The van der Waals surface area contributed by atoms with Crippen molar-refractivity contribution in [2.24, 2.45) is 0 Å². The normalized spacial score (nSPS) is 16.7. The van der Waals surface area contributed by atoms with Crippen molar-refractivity contribution in [1.29, 1.82) is 0 Å². The average Bonchev–Trinajstić information content (AvgIpc) is 3.19. The molecule has 0 unspecified atom stereocenters. The van der Waals surface area contributed by atoms with Crippen LogP contribution in [-0.2, 0) is 11.3 Å². The summed E-state index contributed by atoms with van der Waals surface area (Å²) in [7, 11) is 0. The highest BCUT2D eigenvalue weighted by atomic mass is 19.1. The lowest BCUT2D eigenvalue weighted by atomic mass is 9.96. The van der Waals surface area contributed by atoms with E-state index in [4.69, 9.17) is 0 Å². The van der Waals surface area contributed by atoms with Gasteiger partial charge in [0.05, 0.1) is 6.54 Å². The van der Waals surface area contributed by atoms with E-state index in [1.165, 1.54) is 12.1 Å². The number of benzene rings is 1. The van der Waals surface area contributed by atoms with Gasteiger partial charge in [0.25, 0.3) is 5.56 Å². The van der Waals surface area contributed by atoms with Crippen LogP contribution in [0, 0.1) is 5.82 Å². The highest BCUT2D eigenvalue weighted by Gasteiger charge is 2.27. The van der Waals surface area contributed by atoms with Gasteiger partial charge in [-0.25, -0.2) is 14.1 Å². The van der Waals surface area contributed by atoms with E-state index in [-0.39, 0.29) is 28.7 Å². The van der Waals surface area contributed by atoms with Gasteiger partial charge in [-0.2, -0.15) is 0 Å². The molecule has 0 aliphatic carbocycles. The van der Waals surface area contributed by atoms with Crippen molar-refractivity contribution in [2.75, 3.05) is 13.1 Å². The lowest BCUT2D eigenvalue weighted by Crippen LogP contribution is -2.39. The standard InChI is InChI=1S/C22H27FN6O2/c1-2-3-4-7-18(30)28-12-5-6-16(14-28)20-24-21-19(22(31)25-20)26-27-29(21)13-15-8-10-17(23)11-9-15/h8-11,16H,2-7,12-14H2,1H3,(H,24,25,31)/t16-/m0/s1. The van der Waals surface area contributed by atoms with E-state index < -0.39 is 0 Å². The van der Waals surface area contributed by atoms with E-state index in [1.54, 1.807) is 16.8 Å². The molecule has 8 nitrogen and oxygen atoms in total. The summed E-state index contributed by atoms with van der Waals surface area (Å²) in [6, 6.07) is 6.10. The number of halogens is 1. The quantitative estimate of drug-likeness (QED) is 0.586. The molecular weight excluding hydrogens is 399 g/mol. The summed E-state index contributed by atoms with van der Waals surface area (Å²) in [6.07, 6.45) is 5.34. The van der Waals surface area contributed by atoms with Gasteiger partial charge in [0.15, 0.2) is 11.2 Å². The van der Waals surface area contributed by atoms with Crippen molar-refractivity contribution >= 4 is 17.1 Å². The van der Waals surface area contributed by atoms with E-state index in [9.17, 15) is 14.0 Å². The number of nitrogens with one attached hydrogen (secondary N) is 1. The molecule has 9 heteroatoms. The van der Waals surface area contributed by atoms with Crippen LogP contribution in [0.25, 0.3) is 11.2 Å². The topological polar surface area (TPSA) is 96.8 Å². The first-order valence-corrected chi connectivity index (χ1v) is 10.9. The Morgan fingerprint density at radius 3 is 2.84 bits per heavy atom. The number of amides is 1. The minimum Gasteiger partial charge on any atom is -0.342 e. The summed E-state index contributed by atoms with van der Waals surface area (Å²) in [5.41, 5.74) is 1.07. The van der Waals surface area contributed by atoms with Crippen molar-refractivity contribution in [1.82, 2.24) is 29.9 Å². The maximum absolute atomic E-state index is 13.2. The van der Waals surface area contributed by atoms with Crippen LogP contribution in [0.5, 0.6) is 0 Å². The molecule has 1 aromatic carbocycles. The lowest BCUT2D eigenvalue weighted by molar-refractivity contribution is -0.132. The van der Waals surface area contributed by atoms with E-state index in [2.05, 4.69) is 27.2 Å². The number of rotatable bonds is 7. The number of H-pyrrole nitrogens is 1. The Hall–Kier alpha value is -3.10. The molecule has 164 valence electrons. The number of piperidine rings is 1. The van der Waals surface area contributed by atoms with Gasteiger partial charge in [0, 0.05) is 25.4 Å². The molecule has 0 saturated carbocycles. The molecule has 1 N–H and O–H groups in total. The Kier molecular flexibility index (Phi) is 6.39. The van der Waals surface area contributed by atoms with Crippen molar-refractivity contribution in [3.05, 3.63) is 51.8 Å². The highest BCUT2D eigenvalue weighted by molar-refractivity contribution is 5.76. The summed E-state index contributed by atoms with van der Waals surface area (Å²) >= 11 is 0. The molecule has 1 amide bonds. The first-order chi connectivity index (χ1) is 15.0. The number of fused-ring (bicyclic) bond motifs is 1. The molecule has 31 heavy (non-hydrogen) atoms. The Labute approximate surface area is 179 Å². The van der Waals surface area contributed by atoms with Gasteiger partial charge < -0.3 is 9.88 Å². The minimum absolute atomic E-state index is 0.0323. The zero-order chi connectivity index (χ0) is 21.8. The molecule has 0 bridgehead atoms. The molecule has 4 rings (SSSR count). The predicted molar refractivity (Wildman–Crippen MR) is 114 cm³/mol. The second-order valence-electron chi connectivity index (χ2n) is 8.13. The summed E-state index contributed by atoms with van der Waals surface area (Å²) < 4.78 is 14.7. The van der Waals surface area contributed by atoms with Crippen LogP contribution in [0.1, 0.15) is 62.8 Å². The van der Waals surface area contributed by atoms with E-state index in [0.29, 0.717) is 31.0 Å². The van der Waals surface area contributed by atoms with Crippen LogP contribution in [-0.4, -0.2) is 48.9 Å². The smallest absolute Gasteiger partial charge is 0.281 e. The molecule has 1 fully saturated rings. The van der Waals surface area contributed by atoms with E-state index >= 15 is 0 Å². The number of aromatic amines is 1. The molecule has 2 aromatic heterocycles. The highest BCUT2D eigenvalue weighted by Crippen LogP contribution is 2.25. The van der Waals surface area contributed by atoms with Gasteiger partial charge >= 0.3 is 0 Å². The molecule has 0 spiro atoms. The summed E-state index contributed by atoms with van der Waals surface area (Å²) in [5, 5.41) is 8.04. The van der Waals surface area contributed by atoms with E-state index in [0.717, 1.165) is 44.2 Å². The molecule has 3 heterocycles. The fourth-order valence-electron chi connectivity index (χ4n) is 4.06. The van der Waals surface area contributed by atoms with Gasteiger partial charge in [-0.05, 0) is 37.0 Å². The number of hydrogen-bond acceptors (Lipinski definition) is 5. The molecule has 3 aromatic rings. The Bertz CT molecular complexity index is 1110. The van der Waals surface area contributed by atoms with Crippen LogP contribution in [0.3, 0.4) is 0 Å². The second kappa shape index (κ2) is 9.36. The molecule has 1 aliphatic rings. The van der Waals surface area contributed by atoms with Crippen molar-refractivity contribution in [3.63, 3.8) is 0 Å². The lowest BCUT2D eigenvalue weighted by Gasteiger charge is -2.32. The van der Waals surface area contributed by atoms with Crippen molar-refractivity contribution in [2.45, 2.75) is 57.9 Å². The molecule has 1 saturated heterocycles. The molecule has 1 atom stereocenters. The largest absolute Gasteiger partial charge is 0.342 e. The fraction of sp³-hybridized carbons (Fsp3) is 0.500. The number of carbonyl (C=O) groups is 1. The fourth-order valence-corrected chi connectivity index (χ4v) is 4.06. The van der Waals surface area contributed by atoms with Crippen molar-refractivity contribution in [3.8, 4) is 0 Å². The van der Waals surface area contributed by atoms with Gasteiger partial charge in [-0.15, -0.1) is 5.10 Å². The number of nitrogens with zero attached hydrogens (tertiary/aromatic N) is 5. The van der Waals surface area contributed by atoms with Crippen LogP contribution >= 0.6 is 0 Å². The summed E-state index contributed by atoms with van der Waals surface area (Å²) in [5.74, 6) is 0.390. The van der Waals surface area contributed by atoms with Crippen LogP contribution in [0.15, 0.2) is 29.1 Å². The zero-order valence-corrected chi connectivity index (χ0v) is 17.7. The predicted octanol–water partition coefficient (Wildman–Crippen LogP) is 2.99. The summed E-state index contributed by atoms with van der Waals surface area (Å²) in [6.45, 7) is 3.76. The Morgan fingerprint density at radius 2 is 2.06 bits per heavy atom. The third-order valence-corrected chi connectivity index (χ3v) is 5.79. The monoisotopic (exact) mass is 426 g/mol.